The SMILES string of the molecule is COc1ccc(Cl)cc1C1=CC(O)CC1. The van der Waals surface area contributed by atoms with Crippen LogP contribution in [0.15, 0.2) is 24.3 Å². The van der Waals surface area contributed by atoms with Gasteiger partial charge in [-0.15, -0.1) is 0 Å². The van der Waals surface area contributed by atoms with E-state index in [1.54, 1.807) is 13.2 Å². The lowest BCUT2D eigenvalue weighted by molar-refractivity contribution is 0.223. The van der Waals surface area contributed by atoms with Crippen molar-refractivity contribution >= 4 is 17.2 Å². The van der Waals surface area contributed by atoms with Gasteiger partial charge < -0.3 is 9.84 Å². The van der Waals surface area contributed by atoms with Gasteiger partial charge in [-0.3, -0.25) is 0 Å². The molecule has 0 saturated carbocycles. The fraction of sp³-hybridized carbons (Fsp3) is 0.333. The van der Waals surface area contributed by atoms with Gasteiger partial charge >= 0.3 is 0 Å². The largest absolute Gasteiger partial charge is 0.496 e. The van der Waals surface area contributed by atoms with Gasteiger partial charge in [0, 0.05) is 10.6 Å². The highest BCUT2D eigenvalue weighted by atomic mass is 35.5. The number of hydrogen-bond donors (Lipinski definition) is 1. The summed E-state index contributed by atoms with van der Waals surface area (Å²) in [7, 11) is 1.64. The molecule has 0 amide bonds. The maximum absolute atomic E-state index is 9.44. The second-order valence-electron chi connectivity index (χ2n) is 3.64. The third-order valence-electron chi connectivity index (χ3n) is 2.61. The third kappa shape index (κ3) is 2.16. The third-order valence-corrected chi connectivity index (χ3v) is 2.85. The van der Waals surface area contributed by atoms with Gasteiger partial charge in [0.2, 0.25) is 0 Å². The summed E-state index contributed by atoms with van der Waals surface area (Å²) in [5.41, 5.74) is 2.10. The molecule has 0 saturated heterocycles. The maximum atomic E-state index is 9.44. The van der Waals surface area contributed by atoms with Crippen molar-refractivity contribution in [3.63, 3.8) is 0 Å². The molecule has 0 fully saturated rings. The van der Waals surface area contributed by atoms with Crippen LogP contribution in [0.4, 0.5) is 0 Å². The Kier molecular flexibility index (Phi) is 2.98. The Morgan fingerprint density at radius 3 is 2.87 bits per heavy atom. The first-order valence-electron chi connectivity index (χ1n) is 4.93. The highest BCUT2D eigenvalue weighted by Gasteiger charge is 2.17. The molecule has 1 aromatic carbocycles. The minimum Gasteiger partial charge on any atom is -0.496 e. The van der Waals surface area contributed by atoms with E-state index >= 15 is 0 Å². The summed E-state index contributed by atoms with van der Waals surface area (Å²) < 4.78 is 5.27. The Morgan fingerprint density at radius 2 is 2.27 bits per heavy atom. The first kappa shape index (κ1) is 10.5. The van der Waals surface area contributed by atoms with E-state index in [0.29, 0.717) is 5.02 Å². The van der Waals surface area contributed by atoms with Crippen LogP contribution < -0.4 is 4.74 Å². The van der Waals surface area contributed by atoms with E-state index in [1.165, 1.54) is 0 Å². The number of rotatable bonds is 2. The normalized spacial score (nSPS) is 20.2. The van der Waals surface area contributed by atoms with Gasteiger partial charge in [-0.05, 0) is 36.6 Å². The van der Waals surface area contributed by atoms with E-state index in [9.17, 15) is 5.11 Å². The van der Waals surface area contributed by atoms with Crippen LogP contribution in [-0.2, 0) is 0 Å². The monoisotopic (exact) mass is 224 g/mol. The molecule has 3 heteroatoms. The van der Waals surface area contributed by atoms with Crippen LogP contribution in [0.5, 0.6) is 5.75 Å². The first-order valence-corrected chi connectivity index (χ1v) is 5.31. The molecule has 2 rings (SSSR count). The zero-order valence-electron chi connectivity index (χ0n) is 8.53. The minimum absolute atomic E-state index is 0.330. The molecule has 1 atom stereocenters. The number of ether oxygens (including phenoxy) is 1. The lowest BCUT2D eigenvalue weighted by atomic mass is 10.0. The molecule has 1 unspecified atom stereocenters. The molecule has 2 nitrogen and oxygen atoms in total. The van der Waals surface area contributed by atoms with Gasteiger partial charge in [0.1, 0.15) is 5.75 Å². The molecule has 0 spiro atoms. The Balaban J connectivity index is 2.42. The van der Waals surface area contributed by atoms with Crippen molar-refractivity contribution in [1.82, 2.24) is 0 Å². The second-order valence-corrected chi connectivity index (χ2v) is 4.08. The quantitative estimate of drug-likeness (QED) is 0.837. The van der Waals surface area contributed by atoms with E-state index in [1.807, 2.05) is 18.2 Å². The van der Waals surface area contributed by atoms with E-state index in [2.05, 4.69) is 0 Å². The number of halogens is 1. The van der Waals surface area contributed by atoms with Gasteiger partial charge in [-0.2, -0.15) is 0 Å². The molecular formula is C12H13ClO2. The molecule has 1 aromatic rings. The Morgan fingerprint density at radius 1 is 1.47 bits per heavy atom. The fourth-order valence-electron chi connectivity index (χ4n) is 1.86. The summed E-state index contributed by atoms with van der Waals surface area (Å²) in [6.45, 7) is 0. The molecule has 0 aromatic heterocycles. The predicted molar refractivity (Wildman–Crippen MR) is 61.2 cm³/mol. The van der Waals surface area contributed by atoms with Gasteiger partial charge in [0.15, 0.2) is 0 Å². The zero-order chi connectivity index (χ0) is 10.8. The first-order chi connectivity index (χ1) is 7.20. The summed E-state index contributed by atoms with van der Waals surface area (Å²) in [6.07, 6.45) is 3.19. The van der Waals surface area contributed by atoms with Crippen molar-refractivity contribution in [3.8, 4) is 5.75 Å². The van der Waals surface area contributed by atoms with Crippen LogP contribution in [0, 0.1) is 0 Å². The van der Waals surface area contributed by atoms with E-state index in [-0.39, 0.29) is 6.10 Å². The van der Waals surface area contributed by atoms with E-state index in [4.69, 9.17) is 16.3 Å². The maximum Gasteiger partial charge on any atom is 0.126 e. The Bertz CT molecular complexity index is 399. The van der Waals surface area contributed by atoms with Crippen molar-refractivity contribution in [2.24, 2.45) is 0 Å². The van der Waals surface area contributed by atoms with Gasteiger partial charge in [-0.25, -0.2) is 0 Å². The molecule has 0 aliphatic heterocycles. The number of allylic oxidation sites excluding steroid dienone is 1. The molecule has 0 bridgehead atoms. The summed E-state index contributed by atoms with van der Waals surface area (Å²) in [4.78, 5) is 0. The Labute approximate surface area is 94.1 Å². The number of hydrogen-bond acceptors (Lipinski definition) is 2. The van der Waals surface area contributed by atoms with Crippen LogP contribution >= 0.6 is 11.6 Å². The Hall–Kier alpha value is -0.990. The van der Waals surface area contributed by atoms with Crippen LogP contribution in [0.3, 0.4) is 0 Å². The minimum atomic E-state index is -0.330. The molecule has 80 valence electrons. The smallest absolute Gasteiger partial charge is 0.126 e. The fourth-order valence-corrected chi connectivity index (χ4v) is 2.03. The molecule has 0 heterocycles. The van der Waals surface area contributed by atoms with E-state index < -0.39 is 0 Å². The number of aliphatic hydroxyl groups excluding tert-OH is 1. The average Bonchev–Trinajstić information content (AvgIpc) is 2.65. The van der Waals surface area contributed by atoms with Gasteiger partial charge in [0.05, 0.1) is 13.2 Å². The standard InChI is InChI=1S/C12H13ClO2/c1-15-12-5-3-9(13)7-11(12)8-2-4-10(14)6-8/h3,5-7,10,14H,2,4H2,1H3. The second kappa shape index (κ2) is 4.25. The summed E-state index contributed by atoms with van der Waals surface area (Å²) in [5.74, 6) is 0.805. The van der Waals surface area contributed by atoms with Crippen molar-refractivity contribution in [3.05, 3.63) is 34.9 Å². The molecular weight excluding hydrogens is 212 g/mol. The lowest BCUT2D eigenvalue weighted by Gasteiger charge is -2.09. The zero-order valence-corrected chi connectivity index (χ0v) is 9.29. The van der Waals surface area contributed by atoms with Gasteiger partial charge in [-0.1, -0.05) is 17.7 Å². The van der Waals surface area contributed by atoms with E-state index in [0.717, 1.165) is 29.7 Å². The van der Waals surface area contributed by atoms with Crippen LogP contribution in [-0.4, -0.2) is 18.3 Å². The van der Waals surface area contributed by atoms with Gasteiger partial charge in [0.25, 0.3) is 0 Å². The van der Waals surface area contributed by atoms with Crippen LogP contribution in [0.25, 0.3) is 5.57 Å². The molecule has 15 heavy (non-hydrogen) atoms. The lowest BCUT2D eigenvalue weighted by Crippen LogP contribution is -1.93. The highest BCUT2D eigenvalue weighted by molar-refractivity contribution is 6.30. The van der Waals surface area contributed by atoms with Crippen LogP contribution in [0.2, 0.25) is 5.02 Å². The number of benzene rings is 1. The van der Waals surface area contributed by atoms with Crippen molar-refractivity contribution in [1.29, 1.82) is 0 Å². The molecule has 1 aliphatic rings. The topological polar surface area (TPSA) is 29.5 Å². The van der Waals surface area contributed by atoms with Crippen molar-refractivity contribution < 1.29 is 9.84 Å². The molecule has 1 aliphatic carbocycles. The number of methoxy groups -OCH3 is 1. The average molecular weight is 225 g/mol. The van der Waals surface area contributed by atoms with Crippen molar-refractivity contribution in [2.75, 3.05) is 7.11 Å². The number of aliphatic hydroxyl groups is 1. The summed E-state index contributed by atoms with van der Waals surface area (Å²) >= 11 is 5.94. The highest BCUT2D eigenvalue weighted by Crippen LogP contribution is 2.35. The predicted octanol–water partition coefficient (Wildman–Crippen LogP) is 2.89. The molecule has 0 radical (unpaired) electrons. The van der Waals surface area contributed by atoms with Crippen molar-refractivity contribution in [2.45, 2.75) is 18.9 Å². The van der Waals surface area contributed by atoms with Crippen LogP contribution in [0.1, 0.15) is 18.4 Å². The summed E-state index contributed by atoms with van der Waals surface area (Å²) in [6, 6.07) is 5.53. The summed E-state index contributed by atoms with van der Waals surface area (Å²) in [5, 5.41) is 10.1. The molecule has 1 N–H and O–H groups in total.